The van der Waals surface area contributed by atoms with Crippen molar-refractivity contribution in [2.45, 2.75) is 0 Å². The average molecular weight is 378 g/mol. The number of hydrogen-bond acceptors (Lipinski definition) is 7. The molecule has 0 heterocycles. The van der Waals surface area contributed by atoms with Crippen LogP contribution in [0.5, 0.6) is 17.2 Å². The fourth-order valence-electron chi connectivity index (χ4n) is 2.23. The van der Waals surface area contributed by atoms with E-state index in [1.807, 2.05) is 0 Å². The van der Waals surface area contributed by atoms with Crippen molar-refractivity contribution in [3.8, 4) is 17.2 Å². The Morgan fingerprint density at radius 3 is 2.35 bits per heavy atom. The summed E-state index contributed by atoms with van der Waals surface area (Å²) in [7, 11) is -2.61. The second-order valence-electron chi connectivity index (χ2n) is 5.23. The van der Waals surface area contributed by atoms with E-state index >= 15 is 0 Å². The van der Waals surface area contributed by atoms with Gasteiger partial charge in [-0.15, -0.1) is 0 Å². The van der Waals surface area contributed by atoms with Gasteiger partial charge >= 0.3 is 0 Å². The van der Waals surface area contributed by atoms with E-state index in [0.29, 0.717) is 10.1 Å². The molecular formula is C17H18N2O6S. The molecule has 0 saturated carbocycles. The van der Waals surface area contributed by atoms with Crippen LogP contribution in [0.2, 0.25) is 0 Å². The highest BCUT2D eigenvalue weighted by Crippen LogP contribution is 2.38. The smallest absolute Gasteiger partial charge is 0.238 e. The number of benzene rings is 2. The van der Waals surface area contributed by atoms with Crippen LogP contribution in [0.4, 0.5) is 5.69 Å². The maximum absolute atomic E-state index is 12.1. The molecule has 1 amide bonds. The van der Waals surface area contributed by atoms with E-state index in [-0.39, 0.29) is 35.7 Å². The summed E-state index contributed by atoms with van der Waals surface area (Å²) in [5.74, 6) is 0.0328. The highest BCUT2D eigenvalue weighted by Gasteiger charge is 2.25. The molecule has 0 bridgehead atoms. The van der Waals surface area contributed by atoms with Crippen LogP contribution in [-0.4, -0.2) is 40.5 Å². The van der Waals surface area contributed by atoms with Gasteiger partial charge in [-0.25, -0.2) is 12.7 Å². The van der Waals surface area contributed by atoms with Crippen LogP contribution in [-0.2, 0) is 14.8 Å². The summed E-state index contributed by atoms with van der Waals surface area (Å²) >= 11 is 0. The Morgan fingerprint density at radius 2 is 1.85 bits per heavy atom. The number of ketones is 1. The fraction of sp³-hybridized carbons (Fsp3) is 0.176. The molecular weight excluding hydrogens is 360 g/mol. The molecule has 0 aliphatic rings. The Bertz CT molecular complexity index is 912. The van der Waals surface area contributed by atoms with Crippen molar-refractivity contribution in [3.05, 3.63) is 48.0 Å². The van der Waals surface area contributed by atoms with Crippen LogP contribution in [0.3, 0.4) is 0 Å². The van der Waals surface area contributed by atoms with E-state index in [2.05, 4.69) is 0 Å². The van der Waals surface area contributed by atoms with Gasteiger partial charge < -0.3 is 15.2 Å². The number of sulfonamides is 1. The van der Waals surface area contributed by atoms with Crippen LogP contribution in [0, 0.1) is 0 Å². The number of hydrogen-bond donors (Lipinski definition) is 1. The van der Waals surface area contributed by atoms with Gasteiger partial charge in [-0.2, -0.15) is 0 Å². The Labute approximate surface area is 151 Å². The molecule has 0 aliphatic carbocycles. The van der Waals surface area contributed by atoms with E-state index in [9.17, 15) is 18.0 Å². The minimum absolute atomic E-state index is 0.00803. The standard InChI is InChI=1S/C17H18N2O6S/c1-24-16-9-14(19(11-20)26(2,22)23)17(8-13(16)15(21)10-18)25-12-6-4-3-5-7-12/h3-9,11H,10,18H2,1-2H3. The van der Waals surface area contributed by atoms with Crippen molar-refractivity contribution in [1.82, 2.24) is 0 Å². The topological polar surface area (TPSA) is 116 Å². The van der Waals surface area contributed by atoms with Crippen LogP contribution in [0.25, 0.3) is 0 Å². The lowest BCUT2D eigenvalue weighted by Crippen LogP contribution is -2.28. The number of nitrogens with two attached hydrogens (primary N) is 1. The molecule has 2 aromatic carbocycles. The molecule has 0 aromatic heterocycles. The highest BCUT2D eigenvalue weighted by molar-refractivity contribution is 7.92. The molecule has 2 N–H and O–H groups in total. The third-order valence-electron chi connectivity index (χ3n) is 3.43. The minimum Gasteiger partial charge on any atom is -0.496 e. The van der Waals surface area contributed by atoms with Gasteiger partial charge in [0.15, 0.2) is 11.5 Å². The number of rotatable bonds is 8. The SMILES string of the molecule is COc1cc(N(C=O)S(C)(=O)=O)c(Oc2ccccc2)cc1C(=O)CN. The molecule has 138 valence electrons. The van der Waals surface area contributed by atoms with Crippen molar-refractivity contribution in [1.29, 1.82) is 0 Å². The van der Waals surface area contributed by atoms with Crippen molar-refractivity contribution in [3.63, 3.8) is 0 Å². The number of amides is 1. The summed E-state index contributed by atoms with van der Waals surface area (Å²) < 4.78 is 35.3. The van der Waals surface area contributed by atoms with Gasteiger partial charge in [0.05, 0.1) is 25.5 Å². The third kappa shape index (κ3) is 4.19. The molecule has 0 spiro atoms. The molecule has 2 aromatic rings. The summed E-state index contributed by atoms with van der Waals surface area (Å²) in [6.45, 7) is -0.274. The number of ether oxygens (including phenoxy) is 2. The quantitative estimate of drug-likeness (QED) is 0.547. The minimum atomic E-state index is -3.93. The van der Waals surface area contributed by atoms with Crippen molar-refractivity contribution in [2.24, 2.45) is 5.73 Å². The molecule has 0 fully saturated rings. The number of Topliss-reactive ketones (excluding diaryl/α,β-unsaturated/α-hetero) is 1. The zero-order valence-corrected chi connectivity index (χ0v) is 15.0. The van der Waals surface area contributed by atoms with Gasteiger partial charge in [0.1, 0.15) is 17.2 Å². The number of carbonyl (C=O) groups excluding carboxylic acids is 2. The van der Waals surface area contributed by atoms with E-state index in [1.54, 1.807) is 30.3 Å². The number of carbonyl (C=O) groups is 2. The maximum Gasteiger partial charge on any atom is 0.238 e. The van der Waals surface area contributed by atoms with Crippen molar-refractivity contribution >= 4 is 27.9 Å². The molecule has 26 heavy (non-hydrogen) atoms. The molecule has 9 heteroatoms. The number of methoxy groups -OCH3 is 1. The van der Waals surface area contributed by atoms with Gasteiger partial charge in [0.25, 0.3) is 0 Å². The fourth-order valence-corrected chi connectivity index (χ4v) is 2.89. The van der Waals surface area contributed by atoms with Gasteiger partial charge in [-0.1, -0.05) is 18.2 Å². The van der Waals surface area contributed by atoms with E-state index in [4.69, 9.17) is 15.2 Å². The Hall–Kier alpha value is -2.91. The summed E-state index contributed by atoms with van der Waals surface area (Å²) in [5.41, 5.74) is 5.44. The van der Waals surface area contributed by atoms with Crippen LogP contribution < -0.4 is 19.5 Å². The monoisotopic (exact) mass is 378 g/mol. The first-order chi connectivity index (χ1) is 12.3. The Kier molecular flexibility index (Phi) is 5.96. The second-order valence-corrected chi connectivity index (χ2v) is 7.09. The van der Waals surface area contributed by atoms with Crippen LogP contribution in [0.15, 0.2) is 42.5 Å². The summed E-state index contributed by atoms with van der Waals surface area (Å²) in [6, 6.07) is 11.1. The largest absolute Gasteiger partial charge is 0.496 e. The molecule has 0 aliphatic heterocycles. The first kappa shape index (κ1) is 19.4. The molecule has 0 atom stereocenters. The van der Waals surface area contributed by atoms with Crippen LogP contribution in [0.1, 0.15) is 10.4 Å². The average Bonchev–Trinajstić information content (AvgIpc) is 2.62. The number of nitrogens with zero attached hydrogens (tertiary/aromatic N) is 1. The lowest BCUT2D eigenvalue weighted by Gasteiger charge is -2.21. The molecule has 0 unspecified atom stereocenters. The third-order valence-corrected chi connectivity index (χ3v) is 4.43. The summed E-state index contributed by atoms with van der Waals surface area (Å²) in [4.78, 5) is 23.5. The van der Waals surface area contributed by atoms with Gasteiger partial charge in [-0.3, -0.25) is 9.59 Å². The van der Waals surface area contributed by atoms with E-state index < -0.39 is 15.8 Å². The highest BCUT2D eigenvalue weighted by atomic mass is 32.2. The lowest BCUT2D eigenvalue weighted by molar-refractivity contribution is -0.106. The van der Waals surface area contributed by atoms with Crippen molar-refractivity contribution < 1.29 is 27.5 Å². The molecule has 2 rings (SSSR count). The normalized spacial score (nSPS) is 10.9. The van der Waals surface area contributed by atoms with Gasteiger partial charge in [0, 0.05) is 6.07 Å². The second kappa shape index (κ2) is 7.98. The molecule has 0 saturated heterocycles. The summed E-state index contributed by atoms with van der Waals surface area (Å²) in [6.07, 6.45) is 1.02. The zero-order valence-electron chi connectivity index (χ0n) is 14.2. The first-order valence-corrected chi connectivity index (χ1v) is 9.29. The Balaban J connectivity index is 2.70. The first-order valence-electron chi connectivity index (χ1n) is 7.44. The van der Waals surface area contributed by atoms with Crippen LogP contribution >= 0.6 is 0 Å². The van der Waals surface area contributed by atoms with Crippen molar-refractivity contribution in [2.75, 3.05) is 24.2 Å². The van der Waals surface area contributed by atoms with E-state index in [1.165, 1.54) is 19.2 Å². The predicted octanol–water partition coefficient (Wildman–Crippen LogP) is 1.55. The van der Waals surface area contributed by atoms with Gasteiger partial charge in [-0.05, 0) is 18.2 Å². The predicted molar refractivity (Wildman–Crippen MR) is 96.3 cm³/mol. The maximum atomic E-state index is 12.1. The number of anilines is 1. The molecule has 8 nitrogen and oxygen atoms in total. The summed E-state index contributed by atoms with van der Waals surface area (Å²) in [5, 5.41) is 0. The molecule has 0 radical (unpaired) electrons. The number of para-hydroxylation sites is 1. The Morgan fingerprint density at radius 1 is 1.19 bits per heavy atom. The van der Waals surface area contributed by atoms with Gasteiger partial charge in [0.2, 0.25) is 16.4 Å². The lowest BCUT2D eigenvalue weighted by atomic mass is 10.1. The zero-order chi connectivity index (χ0) is 19.3. The van der Waals surface area contributed by atoms with E-state index in [0.717, 1.165) is 6.26 Å².